The van der Waals surface area contributed by atoms with Gasteiger partial charge in [0.15, 0.2) is 4.80 Å². The van der Waals surface area contributed by atoms with E-state index < -0.39 is 0 Å². The minimum Gasteiger partial charge on any atom is -0.508 e. The summed E-state index contributed by atoms with van der Waals surface area (Å²) in [6.07, 6.45) is 0. The van der Waals surface area contributed by atoms with Crippen LogP contribution in [0.1, 0.15) is 6.92 Å². The molecule has 0 fully saturated rings. The van der Waals surface area contributed by atoms with E-state index in [1.807, 2.05) is 17.5 Å². The zero-order valence-electron chi connectivity index (χ0n) is 12.3. The summed E-state index contributed by atoms with van der Waals surface area (Å²) in [5, 5.41) is 12.6. The molecule has 1 N–H and O–H groups in total. The van der Waals surface area contributed by atoms with E-state index in [1.165, 1.54) is 0 Å². The van der Waals surface area contributed by atoms with E-state index in [4.69, 9.17) is 23.2 Å². The summed E-state index contributed by atoms with van der Waals surface area (Å²) in [5.41, 5.74) is 2.73. The molecule has 0 saturated heterocycles. The third kappa shape index (κ3) is 3.44. The molecule has 118 valence electrons. The smallest absolute Gasteiger partial charge is 0.190 e. The summed E-state index contributed by atoms with van der Waals surface area (Å²) >= 11 is 13.9. The fourth-order valence-electron chi connectivity index (χ4n) is 2.27. The molecule has 6 heteroatoms. The van der Waals surface area contributed by atoms with Crippen molar-refractivity contribution in [2.75, 3.05) is 0 Å². The van der Waals surface area contributed by atoms with Crippen LogP contribution in [0.5, 0.6) is 5.75 Å². The number of halogens is 2. The maximum absolute atomic E-state index is 9.36. The third-order valence-electron chi connectivity index (χ3n) is 3.40. The molecule has 3 rings (SSSR count). The van der Waals surface area contributed by atoms with Crippen molar-refractivity contribution in [3.63, 3.8) is 0 Å². The van der Waals surface area contributed by atoms with Crippen LogP contribution in [-0.4, -0.2) is 9.67 Å². The molecule has 0 bridgehead atoms. The highest BCUT2D eigenvalue weighted by atomic mass is 35.5. The van der Waals surface area contributed by atoms with E-state index in [0.717, 1.165) is 28.3 Å². The lowest BCUT2D eigenvalue weighted by atomic mass is 10.2. The number of hydrogen-bond acceptors (Lipinski definition) is 3. The molecule has 0 aliphatic heterocycles. The molecule has 23 heavy (non-hydrogen) atoms. The number of hydrogen-bond donors (Lipinski definition) is 1. The molecule has 0 unspecified atom stereocenters. The van der Waals surface area contributed by atoms with Gasteiger partial charge in [0.25, 0.3) is 0 Å². The molecular weight excluding hydrogens is 351 g/mol. The summed E-state index contributed by atoms with van der Waals surface area (Å²) in [6, 6.07) is 12.3. The number of phenolic OH excluding ortho intramolecular Hbond substituents is 1. The highest BCUT2D eigenvalue weighted by Crippen LogP contribution is 2.30. The quantitative estimate of drug-likeness (QED) is 0.656. The van der Waals surface area contributed by atoms with Crippen molar-refractivity contribution in [3.8, 4) is 17.0 Å². The van der Waals surface area contributed by atoms with Gasteiger partial charge in [0.2, 0.25) is 0 Å². The Bertz CT molecular complexity index is 898. The molecule has 0 aliphatic carbocycles. The number of phenols is 1. The van der Waals surface area contributed by atoms with Gasteiger partial charge in [-0.25, -0.2) is 4.99 Å². The van der Waals surface area contributed by atoms with Gasteiger partial charge in [-0.3, -0.25) is 0 Å². The Morgan fingerprint density at radius 2 is 1.87 bits per heavy atom. The van der Waals surface area contributed by atoms with Gasteiger partial charge >= 0.3 is 0 Å². The lowest BCUT2D eigenvalue weighted by Gasteiger charge is -2.08. The molecule has 0 spiro atoms. The Morgan fingerprint density at radius 1 is 1.13 bits per heavy atom. The van der Waals surface area contributed by atoms with E-state index in [9.17, 15) is 5.11 Å². The van der Waals surface area contributed by atoms with Crippen LogP contribution in [0.25, 0.3) is 11.3 Å². The molecule has 3 nitrogen and oxygen atoms in total. The summed E-state index contributed by atoms with van der Waals surface area (Å²) < 4.78 is 2.10. The first-order valence-electron chi connectivity index (χ1n) is 7.06. The first-order valence-corrected chi connectivity index (χ1v) is 8.69. The van der Waals surface area contributed by atoms with Crippen LogP contribution in [0.3, 0.4) is 0 Å². The molecule has 2 aromatic carbocycles. The average Bonchev–Trinajstić information content (AvgIpc) is 2.92. The van der Waals surface area contributed by atoms with Gasteiger partial charge in [0.1, 0.15) is 5.75 Å². The van der Waals surface area contributed by atoms with E-state index in [0.29, 0.717) is 10.0 Å². The number of thiazole rings is 1. The van der Waals surface area contributed by atoms with Crippen LogP contribution in [0.2, 0.25) is 10.0 Å². The highest BCUT2D eigenvalue weighted by molar-refractivity contribution is 7.07. The zero-order valence-corrected chi connectivity index (χ0v) is 14.7. The minimum atomic E-state index is 0.229. The van der Waals surface area contributed by atoms with Gasteiger partial charge in [-0.1, -0.05) is 23.2 Å². The van der Waals surface area contributed by atoms with Gasteiger partial charge < -0.3 is 9.67 Å². The number of rotatable bonds is 3. The van der Waals surface area contributed by atoms with E-state index in [1.54, 1.807) is 41.7 Å². The maximum Gasteiger partial charge on any atom is 0.190 e. The fraction of sp³-hybridized carbons (Fsp3) is 0.118. The lowest BCUT2D eigenvalue weighted by molar-refractivity contribution is 0.475. The first-order chi connectivity index (χ1) is 11.1. The van der Waals surface area contributed by atoms with Crippen molar-refractivity contribution in [1.82, 2.24) is 4.57 Å². The van der Waals surface area contributed by atoms with Crippen LogP contribution in [0.4, 0.5) is 5.69 Å². The van der Waals surface area contributed by atoms with Crippen LogP contribution in [-0.2, 0) is 6.54 Å². The highest BCUT2D eigenvalue weighted by Gasteiger charge is 2.10. The Labute approximate surface area is 148 Å². The third-order valence-corrected chi connectivity index (χ3v) is 4.81. The Balaban J connectivity index is 2.11. The minimum absolute atomic E-state index is 0.229. The van der Waals surface area contributed by atoms with Gasteiger partial charge in [-0.2, -0.15) is 0 Å². The predicted molar refractivity (Wildman–Crippen MR) is 96.8 cm³/mol. The molecule has 1 heterocycles. The van der Waals surface area contributed by atoms with E-state index >= 15 is 0 Å². The summed E-state index contributed by atoms with van der Waals surface area (Å²) in [4.78, 5) is 5.52. The van der Waals surface area contributed by atoms with Gasteiger partial charge in [0, 0.05) is 22.5 Å². The SMILES string of the molecule is CCn1c(-c2ccc(Cl)cc2Cl)csc1=Nc1ccc(O)cc1. The number of aromatic nitrogens is 1. The van der Waals surface area contributed by atoms with Crippen molar-refractivity contribution in [2.45, 2.75) is 13.5 Å². The topological polar surface area (TPSA) is 37.5 Å². The average molecular weight is 365 g/mol. The summed E-state index contributed by atoms with van der Waals surface area (Å²) in [7, 11) is 0. The molecule has 0 saturated carbocycles. The Kier molecular flexibility index (Phi) is 4.76. The van der Waals surface area contributed by atoms with Gasteiger partial charge in [-0.15, -0.1) is 11.3 Å². The fourth-order valence-corrected chi connectivity index (χ4v) is 3.76. The van der Waals surface area contributed by atoms with Gasteiger partial charge in [0.05, 0.1) is 16.4 Å². The largest absolute Gasteiger partial charge is 0.508 e. The Morgan fingerprint density at radius 3 is 2.52 bits per heavy atom. The van der Waals surface area contributed by atoms with Crippen LogP contribution < -0.4 is 4.80 Å². The molecular formula is C17H14Cl2N2OS. The second kappa shape index (κ2) is 6.79. The number of nitrogens with zero attached hydrogens (tertiary/aromatic N) is 2. The first kappa shape index (κ1) is 16.1. The lowest BCUT2D eigenvalue weighted by Crippen LogP contribution is -2.14. The molecule has 3 aromatic rings. The van der Waals surface area contributed by atoms with E-state index in [2.05, 4.69) is 16.5 Å². The monoisotopic (exact) mass is 364 g/mol. The van der Waals surface area contributed by atoms with Crippen LogP contribution in [0, 0.1) is 0 Å². The summed E-state index contributed by atoms with van der Waals surface area (Å²) in [5.74, 6) is 0.229. The number of aromatic hydroxyl groups is 1. The zero-order chi connectivity index (χ0) is 16.4. The second-order valence-corrected chi connectivity index (χ2v) is 6.58. The Hall–Kier alpha value is -1.75. The van der Waals surface area contributed by atoms with Gasteiger partial charge in [-0.05, 0) is 49.4 Å². The predicted octanol–water partition coefficient (Wildman–Crippen LogP) is 5.48. The number of benzene rings is 2. The molecule has 0 atom stereocenters. The van der Waals surface area contributed by atoms with Crippen molar-refractivity contribution in [1.29, 1.82) is 0 Å². The summed E-state index contributed by atoms with van der Waals surface area (Å²) in [6.45, 7) is 2.84. The van der Waals surface area contributed by atoms with Crippen LogP contribution in [0.15, 0.2) is 52.8 Å². The standard InChI is InChI=1S/C17H14Cl2N2OS/c1-2-21-16(14-8-3-11(18)9-15(14)19)10-23-17(21)20-12-4-6-13(22)7-5-12/h3-10,22H,2H2,1H3. The van der Waals surface area contributed by atoms with Crippen molar-refractivity contribution in [2.24, 2.45) is 4.99 Å². The van der Waals surface area contributed by atoms with Crippen molar-refractivity contribution in [3.05, 3.63) is 62.7 Å². The normalized spacial score (nSPS) is 11.9. The van der Waals surface area contributed by atoms with E-state index in [-0.39, 0.29) is 5.75 Å². The second-order valence-electron chi connectivity index (χ2n) is 4.90. The molecule has 0 aliphatic rings. The van der Waals surface area contributed by atoms with Crippen molar-refractivity contribution < 1.29 is 5.11 Å². The molecule has 0 amide bonds. The molecule has 1 aromatic heterocycles. The maximum atomic E-state index is 9.36. The van der Waals surface area contributed by atoms with Crippen LogP contribution >= 0.6 is 34.5 Å². The van der Waals surface area contributed by atoms with Crippen molar-refractivity contribution >= 4 is 40.2 Å². The molecule has 0 radical (unpaired) electrons.